The number of nitrogens with one attached hydrogen (secondary N) is 1. The van der Waals surface area contributed by atoms with Crippen LogP contribution in [-0.4, -0.2) is 30.1 Å². The summed E-state index contributed by atoms with van der Waals surface area (Å²) in [7, 11) is 0. The van der Waals surface area contributed by atoms with Gasteiger partial charge in [-0.1, -0.05) is 0 Å². The third-order valence-corrected chi connectivity index (χ3v) is 2.42. The molecule has 0 spiro atoms. The first-order valence-electron chi connectivity index (χ1n) is 5.18. The molecule has 1 aliphatic rings. The highest BCUT2D eigenvalue weighted by Crippen LogP contribution is 2.09. The lowest BCUT2D eigenvalue weighted by molar-refractivity contribution is 0.0245. The Balaban J connectivity index is 1.91. The topological polar surface area (TPSA) is 51.2 Å². The van der Waals surface area contributed by atoms with E-state index in [4.69, 9.17) is 4.74 Å². The Morgan fingerprint density at radius 2 is 2.53 bits per heavy atom. The number of aromatic nitrogens is 1. The summed E-state index contributed by atoms with van der Waals surface area (Å²) < 4.78 is 5.34. The molecule has 4 nitrogen and oxygen atoms in total. The molecule has 4 heteroatoms. The van der Waals surface area contributed by atoms with Crippen LogP contribution in [-0.2, 0) is 4.74 Å². The molecule has 80 valence electrons. The van der Waals surface area contributed by atoms with Crippen molar-refractivity contribution in [1.82, 2.24) is 10.3 Å². The van der Waals surface area contributed by atoms with Gasteiger partial charge >= 0.3 is 5.97 Å². The lowest BCUT2D eigenvalue weighted by Gasteiger charge is -2.22. The fraction of sp³-hybridized carbons (Fsp3) is 0.455. The van der Waals surface area contributed by atoms with Gasteiger partial charge in [-0.15, -0.1) is 0 Å². The van der Waals surface area contributed by atoms with Crippen molar-refractivity contribution >= 4 is 5.97 Å². The quantitative estimate of drug-likeness (QED) is 0.733. The van der Waals surface area contributed by atoms with Gasteiger partial charge in [0.15, 0.2) is 0 Å². The molecule has 1 N–H and O–H groups in total. The molecule has 1 aromatic heterocycles. The summed E-state index contributed by atoms with van der Waals surface area (Å²) in [6.07, 6.45) is 5.17. The summed E-state index contributed by atoms with van der Waals surface area (Å²) in [6, 6.07) is 3.45. The fourth-order valence-electron chi connectivity index (χ4n) is 1.62. The third kappa shape index (κ3) is 2.76. The zero-order valence-corrected chi connectivity index (χ0v) is 8.48. The van der Waals surface area contributed by atoms with Crippen molar-refractivity contribution in [2.24, 2.45) is 0 Å². The predicted octanol–water partition coefficient (Wildman–Crippen LogP) is 0.990. The number of rotatable bonds is 2. The van der Waals surface area contributed by atoms with Crippen LogP contribution < -0.4 is 5.32 Å². The van der Waals surface area contributed by atoms with E-state index >= 15 is 0 Å². The Morgan fingerprint density at radius 3 is 3.20 bits per heavy atom. The van der Waals surface area contributed by atoms with Crippen molar-refractivity contribution in [3.05, 3.63) is 30.1 Å². The molecular weight excluding hydrogens is 192 g/mol. The molecule has 0 aromatic carbocycles. The number of hydrogen-bond acceptors (Lipinski definition) is 4. The molecule has 0 saturated carbocycles. The highest BCUT2D eigenvalue weighted by atomic mass is 16.5. The van der Waals surface area contributed by atoms with Gasteiger partial charge < -0.3 is 10.1 Å². The van der Waals surface area contributed by atoms with Crippen LogP contribution in [0.4, 0.5) is 0 Å². The van der Waals surface area contributed by atoms with Gasteiger partial charge in [0.25, 0.3) is 0 Å². The lowest BCUT2D eigenvalue weighted by Crippen LogP contribution is -2.36. The summed E-state index contributed by atoms with van der Waals surface area (Å²) in [5.74, 6) is -0.281. The number of pyridine rings is 1. The van der Waals surface area contributed by atoms with Gasteiger partial charge in [0, 0.05) is 18.9 Å². The number of esters is 1. The monoisotopic (exact) mass is 206 g/mol. The number of nitrogens with zero attached hydrogens (tertiary/aromatic N) is 1. The van der Waals surface area contributed by atoms with Crippen molar-refractivity contribution < 1.29 is 9.53 Å². The molecule has 2 rings (SSSR count). The second kappa shape index (κ2) is 4.89. The first-order valence-corrected chi connectivity index (χ1v) is 5.18. The molecule has 1 unspecified atom stereocenters. The van der Waals surface area contributed by atoms with Gasteiger partial charge in [-0.05, 0) is 31.5 Å². The van der Waals surface area contributed by atoms with Crippen LogP contribution in [0.2, 0.25) is 0 Å². The van der Waals surface area contributed by atoms with Crippen LogP contribution in [0, 0.1) is 0 Å². The van der Waals surface area contributed by atoms with Gasteiger partial charge in [-0.2, -0.15) is 0 Å². The smallest absolute Gasteiger partial charge is 0.340 e. The lowest BCUT2D eigenvalue weighted by atomic mass is 10.1. The summed E-state index contributed by atoms with van der Waals surface area (Å²) >= 11 is 0. The maximum absolute atomic E-state index is 11.6. The third-order valence-electron chi connectivity index (χ3n) is 2.42. The molecule has 0 bridgehead atoms. The largest absolute Gasteiger partial charge is 0.457 e. The molecule has 0 aliphatic carbocycles. The van der Waals surface area contributed by atoms with E-state index in [0.29, 0.717) is 5.56 Å². The normalized spacial score (nSPS) is 20.9. The summed E-state index contributed by atoms with van der Waals surface area (Å²) in [4.78, 5) is 15.5. The second-order valence-corrected chi connectivity index (χ2v) is 3.62. The fourth-order valence-corrected chi connectivity index (χ4v) is 1.62. The molecule has 0 amide bonds. The van der Waals surface area contributed by atoms with E-state index in [0.717, 1.165) is 25.9 Å². The summed E-state index contributed by atoms with van der Waals surface area (Å²) in [5.41, 5.74) is 0.517. The minimum absolute atomic E-state index is 0.00598. The molecule has 15 heavy (non-hydrogen) atoms. The second-order valence-electron chi connectivity index (χ2n) is 3.62. The first kappa shape index (κ1) is 10.1. The molecule has 1 atom stereocenters. The number of ether oxygens (including phenoxy) is 1. The first-order chi connectivity index (χ1) is 7.36. The standard InChI is InChI=1S/C11H14N2O2/c14-11(9-3-1-5-12-7-9)15-10-4-2-6-13-8-10/h1,3,5,7,10,13H,2,4,6,8H2. The predicted molar refractivity (Wildman–Crippen MR) is 55.5 cm³/mol. The summed E-state index contributed by atoms with van der Waals surface area (Å²) in [5, 5.41) is 3.20. The van der Waals surface area contributed by atoms with E-state index in [1.54, 1.807) is 18.3 Å². The van der Waals surface area contributed by atoms with Crippen LogP contribution in [0.3, 0.4) is 0 Å². The highest BCUT2D eigenvalue weighted by molar-refractivity contribution is 5.89. The average Bonchev–Trinajstić information content (AvgIpc) is 2.31. The van der Waals surface area contributed by atoms with Gasteiger partial charge in [-0.3, -0.25) is 4.98 Å². The van der Waals surface area contributed by atoms with Crippen molar-refractivity contribution in [1.29, 1.82) is 0 Å². The van der Waals surface area contributed by atoms with Gasteiger partial charge in [-0.25, -0.2) is 4.79 Å². The molecular formula is C11H14N2O2. The van der Waals surface area contributed by atoms with E-state index in [-0.39, 0.29) is 12.1 Å². The molecule has 0 radical (unpaired) electrons. The van der Waals surface area contributed by atoms with Crippen LogP contribution in [0.25, 0.3) is 0 Å². The maximum atomic E-state index is 11.6. The molecule has 2 heterocycles. The van der Waals surface area contributed by atoms with Crippen LogP contribution in [0.1, 0.15) is 23.2 Å². The van der Waals surface area contributed by atoms with E-state index in [1.165, 1.54) is 6.20 Å². The van der Waals surface area contributed by atoms with E-state index < -0.39 is 0 Å². The van der Waals surface area contributed by atoms with E-state index in [9.17, 15) is 4.79 Å². The van der Waals surface area contributed by atoms with Gasteiger partial charge in [0.1, 0.15) is 6.10 Å². The molecule has 1 saturated heterocycles. The molecule has 1 fully saturated rings. The van der Waals surface area contributed by atoms with E-state index in [1.807, 2.05) is 0 Å². The zero-order chi connectivity index (χ0) is 10.5. The SMILES string of the molecule is O=C(OC1CCCNC1)c1cccnc1. The number of hydrogen-bond donors (Lipinski definition) is 1. The number of piperidine rings is 1. The molecule has 1 aliphatic heterocycles. The molecule has 1 aromatic rings. The summed E-state index contributed by atoms with van der Waals surface area (Å²) in [6.45, 7) is 1.77. The van der Waals surface area contributed by atoms with Crippen molar-refractivity contribution in [2.45, 2.75) is 18.9 Å². The van der Waals surface area contributed by atoms with E-state index in [2.05, 4.69) is 10.3 Å². The van der Waals surface area contributed by atoms with Crippen LogP contribution >= 0.6 is 0 Å². The zero-order valence-electron chi connectivity index (χ0n) is 8.48. The number of carbonyl (C=O) groups excluding carboxylic acids is 1. The van der Waals surface area contributed by atoms with Crippen molar-refractivity contribution in [3.8, 4) is 0 Å². The Labute approximate surface area is 88.7 Å². The number of carbonyl (C=O) groups is 1. The Bertz CT molecular complexity index is 321. The Kier molecular flexibility index (Phi) is 3.29. The Hall–Kier alpha value is -1.42. The van der Waals surface area contributed by atoms with Crippen molar-refractivity contribution in [2.75, 3.05) is 13.1 Å². The Morgan fingerprint density at radius 1 is 1.60 bits per heavy atom. The van der Waals surface area contributed by atoms with Gasteiger partial charge in [0.05, 0.1) is 5.56 Å². The minimum atomic E-state index is -0.281. The van der Waals surface area contributed by atoms with Crippen molar-refractivity contribution in [3.63, 3.8) is 0 Å². The highest BCUT2D eigenvalue weighted by Gasteiger charge is 2.18. The minimum Gasteiger partial charge on any atom is -0.457 e. The maximum Gasteiger partial charge on any atom is 0.340 e. The van der Waals surface area contributed by atoms with Gasteiger partial charge in [0.2, 0.25) is 0 Å². The average molecular weight is 206 g/mol. The van der Waals surface area contributed by atoms with Crippen LogP contribution in [0.5, 0.6) is 0 Å². The van der Waals surface area contributed by atoms with Crippen LogP contribution in [0.15, 0.2) is 24.5 Å².